The summed E-state index contributed by atoms with van der Waals surface area (Å²) in [4.78, 5) is 11.5. The Balaban J connectivity index is 2.45. The predicted octanol–water partition coefficient (Wildman–Crippen LogP) is 2.38. The third-order valence-corrected chi connectivity index (χ3v) is 4.07. The molecule has 0 aromatic heterocycles. The normalized spacial score (nSPS) is 17.8. The third-order valence-electron chi connectivity index (χ3n) is 4.07. The summed E-state index contributed by atoms with van der Waals surface area (Å²) < 4.78 is 5.40. The molecule has 0 amide bonds. The van der Waals surface area contributed by atoms with Gasteiger partial charge >= 0.3 is 5.97 Å². The van der Waals surface area contributed by atoms with Crippen LogP contribution in [0.4, 0.5) is 0 Å². The van der Waals surface area contributed by atoms with Gasteiger partial charge in [-0.25, -0.2) is 0 Å². The molecule has 19 heavy (non-hydrogen) atoms. The van der Waals surface area contributed by atoms with Crippen molar-refractivity contribution in [3.8, 4) is 5.75 Å². The lowest BCUT2D eigenvalue weighted by Gasteiger charge is -2.25. The summed E-state index contributed by atoms with van der Waals surface area (Å²) in [6, 6.07) is 5.81. The van der Waals surface area contributed by atoms with Gasteiger partial charge in [0.2, 0.25) is 0 Å². The first-order chi connectivity index (χ1) is 9.08. The molecule has 2 rings (SSSR count). The molecule has 104 valence electrons. The van der Waals surface area contributed by atoms with Crippen molar-refractivity contribution in [3.05, 3.63) is 29.3 Å². The van der Waals surface area contributed by atoms with Crippen LogP contribution in [-0.4, -0.2) is 25.2 Å². The smallest absolute Gasteiger partial charge is 0.311 e. The number of aryl methyl sites for hydroxylation is 1. The molecule has 1 unspecified atom stereocenters. The quantitative estimate of drug-likeness (QED) is 0.827. The van der Waals surface area contributed by atoms with Crippen LogP contribution in [0.15, 0.2) is 18.2 Å². The van der Waals surface area contributed by atoms with E-state index in [1.165, 1.54) is 5.56 Å². The molecule has 0 spiro atoms. The Morgan fingerprint density at radius 3 is 2.63 bits per heavy atom. The van der Waals surface area contributed by atoms with Gasteiger partial charge in [0.15, 0.2) is 0 Å². The van der Waals surface area contributed by atoms with Crippen LogP contribution in [0.1, 0.15) is 36.9 Å². The van der Waals surface area contributed by atoms with Crippen LogP contribution in [0, 0.1) is 5.41 Å². The SMILES string of the molecule is CCc1ccc(OC)c(C(NC)C2(C(=O)O)CC2)c1. The number of aliphatic carboxylic acids is 1. The fourth-order valence-electron chi connectivity index (χ4n) is 2.72. The van der Waals surface area contributed by atoms with Crippen LogP contribution < -0.4 is 10.1 Å². The Hall–Kier alpha value is -1.55. The van der Waals surface area contributed by atoms with E-state index in [1.54, 1.807) is 7.11 Å². The zero-order valence-corrected chi connectivity index (χ0v) is 11.7. The zero-order chi connectivity index (χ0) is 14.0. The Kier molecular flexibility index (Phi) is 3.80. The summed E-state index contributed by atoms with van der Waals surface area (Å²) in [6.07, 6.45) is 2.36. The van der Waals surface area contributed by atoms with Crippen molar-refractivity contribution in [2.45, 2.75) is 32.2 Å². The number of rotatable bonds is 6. The molecule has 2 N–H and O–H groups in total. The second-order valence-electron chi connectivity index (χ2n) is 5.11. The Bertz CT molecular complexity index is 480. The molecule has 0 saturated heterocycles. The first-order valence-electron chi connectivity index (χ1n) is 6.66. The zero-order valence-electron chi connectivity index (χ0n) is 11.7. The van der Waals surface area contributed by atoms with E-state index in [9.17, 15) is 9.90 Å². The molecule has 1 aliphatic rings. The van der Waals surface area contributed by atoms with Crippen LogP contribution in [0.3, 0.4) is 0 Å². The highest BCUT2D eigenvalue weighted by atomic mass is 16.5. The van der Waals surface area contributed by atoms with E-state index in [0.717, 1.165) is 17.7 Å². The number of hydrogen-bond acceptors (Lipinski definition) is 3. The molecule has 1 atom stereocenters. The minimum absolute atomic E-state index is 0.202. The second-order valence-corrected chi connectivity index (χ2v) is 5.11. The highest BCUT2D eigenvalue weighted by molar-refractivity contribution is 5.79. The number of carboxylic acids is 1. The molecule has 1 aromatic carbocycles. The lowest BCUT2D eigenvalue weighted by molar-refractivity contribution is -0.144. The fraction of sp³-hybridized carbons (Fsp3) is 0.533. The molecule has 1 fully saturated rings. The molecule has 4 heteroatoms. The fourth-order valence-corrected chi connectivity index (χ4v) is 2.72. The van der Waals surface area contributed by atoms with Crippen LogP contribution in [0.25, 0.3) is 0 Å². The maximum atomic E-state index is 11.5. The lowest BCUT2D eigenvalue weighted by atomic mass is 9.88. The third kappa shape index (κ3) is 2.32. The van der Waals surface area contributed by atoms with Gasteiger partial charge in [0, 0.05) is 5.56 Å². The number of carbonyl (C=O) groups is 1. The van der Waals surface area contributed by atoms with Crippen LogP contribution in [-0.2, 0) is 11.2 Å². The minimum atomic E-state index is -0.726. The number of methoxy groups -OCH3 is 1. The number of carboxylic acid groups (broad SMARTS) is 1. The molecule has 4 nitrogen and oxygen atoms in total. The Morgan fingerprint density at radius 2 is 2.21 bits per heavy atom. The van der Waals surface area contributed by atoms with Gasteiger partial charge in [-0.1, -0.05) is 19.1 Å². The lowest BCUT2D eigenvalue weighted by Crippen LogP contribution is -2.32. The number of benzene rings is 1. The maximum Gasteiger partial charge on any atom is 0.311 e. The van der Waals surface area contributed by atoms with Gasteiger partial charge in [-0.2, -0.15) is 0 Å². The Morgan fingerprint density at radius 1 is 1.53 bits per heavy atom. The van der Waals surface area contributed by atoms with Crippen LogP contribution in [0.2, 0.25) is 0 Å². The first-order valence-corrected chi connectivity index (χ1v) is 6.66. The monoisotopic (exact) mass is 263 g/mol. The summed E-state index contributed by atoms with van der Waals surface area (Å²) in [5.74, 6) is 0.0277. The average Bonchev–Trinajstić information content (AvgIpc) is 3.21. The van der Waals surface area contributed by atoms with E-state index in [-0.39, 0.29) is 6.04 Å². The van der Waals surface area contributed by atoms with E-state index in [4.69, 9.17) is 4.74 Å². The standard InChI is InChI=1S/C15H21NO3/c1-4-10-5-6-12(19-3)11(9-10)13(16-2)15(7-8-15)14(17)18/h5-6,9,13,16H,4,7-8H2,1-3H3,(H,17,18). The van der Waals surface area contributed by atoms with Crippen molar-refractivity contribution in [1.29, 1.82) is 0 Å². The summed E-state index contributed by atoms with van der Waals surface area (Å²) in [6.45, 7) is 2.09. The van der Waals surface area contributed by atoms with Gasteiger partial charge in [0.05, 0.1) is 18.6 Å². The molecule has 1 saturated carbocycles. The van der Waals surface area contributed by atoms with Crippen LogP contribution in [0.5, 0.6) is 5.75 Å². The van der Waals surface area contributed by atoms with E-state index in [1.807, 2.05) is 19.2 Å². The molecule has 0 bridgehead atoms. The maximum absolute atomic E-state index is 11.5. The average molecular weight is 263 g/mol. The van der Waals surface area contributed by atoms with Crippen molar-refractivity contribution in [3.63, 3.8) is 0 Å². The summed E-state index contributed by atoms with van der Waals surface area (Å²) in [7, 11) is 3.43. The molecule has 0 aliphatic heterocycles. The second kappa shape index (κ2) is 5.21. The molecule has 1 aromatic rings. The van der Waals surface area contributed by atoms with Crippen molar-refractivity contribution < 1.29 is 14.6 Å². The van der Waals surface area contributed by atoms with E-state index in [2.05, 4.69) is 18.3 Å². The van der Waals surface area contributed by atoms with Crippen molar-refractivity contribution in [2.24, 2.45) is 5.41 Å². The molecule has 0 radical (unpaired) electrons. The first kappa shape index (κ1) is 13.9. The molecular formula is C15H21NO3. The number of nitrogens with one attached hydrogen (secondary N) is 1. The van der Waals surface area contributed by atoms with Gasteiger partial charge in [-0.05, 0) is 37.9 Å². The number of hydrogen-bond donors (Lipinski definition) is 2. The van der Waals surface area contributed by atoms with Crippen LogP contribution >= 0.6 is 0 Å². The summed E-state index contributed by atoms with van der Waals surface area (Å²) in [5.41, 5.74) is 1.47. The highest BCUT2D eigenvalue weighted by Gasteiger charge is 2.56. The molecule has 1 aliphatic carbocycles. The van der Waals surface area contributed by atoms with Gasteiger partial charge in [0.1, 0.15) is 5.75 Å². The molecule has 0 heterocycles. The van der Waals surface area contributed by atoms with Crippen molar-refractivity contribution >= 4 is 5.97 Å². The minimum Gasteiger partial charge on any atom is -0.496 e. The van der Waals surface area contributed by atoms with Crippen molar-refractivity contribution in [2.75, 3.05) is 14.2 Å². The van der Waals surface area contributed by atoms with E-state index in [0.29, 0.717) is 12.8 Å². The topological polar surface area (TPSA) is 58.6 Å². The predicted molar refractivity (Wildman–Crippen MR) is 73.5 cm³/mol. The number of ether oxygens (including phenoxy) is 1. The highest BCUT2D eigenvalue weighted by Crippen LogP contribution is 2.56. The van der Waals surface area contributed by atoms with E-state index >= 15 is 0 Å². The van der Waals surface area contributed by atoms with Gasteiger partial charge in [-0.15, -0.1) is 0 Å². The summed E-state index contributed by atoms with van der Waals surface area (Å²) in [5, 5.41) is 12.6. The Labute approximate surface area is 113 Å². The largest absolute Gasteiger partial charge is 0.496 e. The van der Waals surface area contributed by atoms with E-state index < -0.39 is 11.4 Å². The van der Waals surface area contributed by atoms with Gasteiger partial charge in [-0.3, -0.25) is 4.79 Å². The van der Waals surface area contributed by atoms with Crippen molar-refractivity contribution in [1.82, 2.24) is 5.32 Å². The van der Waals surface area contributed by atoms with Gasteiger partial charge < -0.3 is 15.2 Å². The van der Waals surface area contributed by atoms with Gasteiger partial charge in [0.25, 0.3) is 0 Å². The summed E-state index contributed by atoms with van der Waals surface area (Å²) >= 11 is 0. The molecular weight excluding hydrogens is 242 g/mol.